The molecule has 1 N–H and O–H groups in total. The SMILES string of the molecule is COc1cccc(-c2cc(C#N)c(NC(=O)c3ccco3)o2)c1. The molecule has 0 aliphatic rings. The predicted molar refractivity (Wildman–Crippen MR) is 82.1 cm³/mol. The van der Waals surface area contributed by atoms with Gasteiger partial charge in [0, 0.05) is 11.6 Å². The van der Waals surface area contributed by atoms with E-state index in [2.05, 4.69) is 5.32 Å². The lowest BCUT2D eigenvalue weighted by Gasteiger charge is -2.02. The fourth-order valence-corrected chi connectivity index (χ4v) is 2.06. The summed E-state index contributed by atoms with van der Waals surface area (Å²) in [6, 6.07) is 13.9. The van der Waals surface area contributed by atoms with E-state index in [1.807, 2.05) is 18.2 Å². The lowest BCUT2D eigenvalue weighted by Crippen LogP contribution is -2.10. The van der Waals surface area contributed by atoms with Crippen LogP contribution in [-0.4, -0.2) is 13.0 Å². The van der Waals surface area contributed by atoms with Crippen LogP contribution in [0.3, 0.4) is 0 Å². The van der Waals surface area contributed by atoms with Gasteiger partial charge in [-0.2, -0.15) is 5.26 Å². The largest absolute Gasteiger partial charge is 0.497 e. The maximum Gasteiger partial charge on any atom is 0.293 e. The van der Waals surface area contributed by atoms with Crippen LogP contribution in [0.5, 0.6) is 5.75 Å². The van der Waals surface area contributed by atoms with Gasteiger partial charge >= 0.3 is 0 Å². The summed E-state index contributed by atoms with van der Waals surface area (Å²) in [5.74, 6) is 0.840. The number of anilines is 1. The van der Waals surface area contributed by atoms with Gasteiger partial charge in [-0.15, -0.1) is 0 Å². The Morgan fingerprint density at radius 1 is 1.26 bits per heavy atom. The first kappa shape index (κ1) is 14.5. The number of nitriles is 1. The van der Waals surface area contributed by atoms with Gasteiger partial charge in [0.15, 0.2) is 5.76 Å². The zero-order valence-electron chi connectivity index (χ0n) is 12.2. The minimum absolute atomic E-state index is 0.0757. The van der Waals surface area contributed by atoms with Crippen LogP contribution in [0.1, 0.15) is 16.1 Å². The van der Waals surface area contributed by atoms with Crippen molar-refractivity contribution in [3.63, 3.8) is 0 Å². The molecule has 0 bridgehead atoms. The van der Waals surface area contributed by atoms with E-state index in [0.29, 0.717) is 11.5 Å². The Labute approximate surface area is 131 Å². The number of ether oxygens (including phenoxy) is 1. The van der Waals surface area contributed by atoms with Crippen molar-refractivity contribution in [1.29, 1.82) is 5.26 Å². The van der Waals surface area contributed by atoms with Crippen LogP contribution in [0, 0.1) is 11.3 Å². The molecule has 6 heteroatoms. The number of carbonyl (C=O) groups excluding carboxylic acids is 1. The number of amides is 1. The van der Waals surface area contributed by atoms with Gasteiger partial charge in [0.2, 0.25) is 5.88 Å². The summed E-state index contributed by atoms with van der Waals surface area (Å²) in [5.41, 5.74) is 0.960. The molecular weight excluding hydrogens is 296 g/mol. The van der Waals surface area contributed by atoms with Gasteiger partial charge in [-0.3, -0.25) is 10.1 Å². The normalized spacial score (nSPS) is 10.1. The van der Waals surface area contributed by atoms with E-state index < -0.39 is 5.91 Å². The Morgan fingerprint density at radius 3 is 2.83 bits per heavy atom. The third kappa shape index (κ3) is 2.94. The average molecular weight is 308 g/mol. The molecule has 3 rings (SSSR count). The smallest absolute Gasteiger partial charge is 0.293 e. The van der Waals surface area contributed by atoms with Crippen LogP contribution >= 0.6 is 0 Å². The lowest BCUT2D eigenvalue weighted by molar-refractivity contribution is 0.0994. The molecule has 1 amide bonds. The monoisotopic (exact) mass is 308 g/mol. The number of nitrogens with zero attached hydrogens (tertiary/aromatic N) is 1. The first-order valence-corrected chi connectivity index (χ1v) is 6.74. The summed E-state index contributed by atoms with van der Waals surface area (Å²) in [7, 11) is 1.57. The summed E-state index contributed by atoms with van der Waals surface area (Å²) in [6.07, 6.45) is 1.39. The predicted octanol–water partition coefficient (Wildman–Crippen LogP) is 3.67. The summed E-state index contributed by atoms with van der Waals surface area (Å²) >= 11 is 0. The van der Waals surface area contributed by atoms with E-state index >= 15 is 0 Å². The summed E-state index contributed by atoms with van der Waals surface area (Å²) < 4.78 is 15.8. The minimum atomic E-state index is -0.488. The molecule has 0 atom stereocenters. The van der Waals surface area contributed by atoms with Gasteiger partial charge < -0.3 is 13.6 Å². The number of furan rings is 2. The second-order valence-corrected chi connectivity index (χ2v) is 4.63. The molecule has 0 aliphatic carbocycles. The van der Waals surface area contributed by atoms with Gasteiger partial charge in [0.05, 0.1) is 13.4 Å². The number of hydrogen-bond acceptors (Lipinski definition) is 5. The number of methoxy groups -OCH3 is 1. The first-order valence-electron chi connectivity index (χ1n) is 6.74. The molecule has 0 aliphatic heterocycles. The fourth-order valence-electron chi connectivity index (χ4n) is 2.06. The van der Waals surface area contributed by atoms with Gasteiger partial charge in [0.25, 0.3) is 5.91 Å². The highest BCUT2D eigenvalue weighted by molar-refractivity contribution is 6.02. The second-order valence-electron chi connectivity index (χ2n) is 4.63. The summed E-state index contributed by atoms with van der Waals surface area (Å²) in [5, 5.41) is 11.7. The van der Waals surface area contributed by atoms with Crippen LogP contribution in [0.25, 0.3) is 11.3 Å². The van der Waals surface area contributed by atoms with Crippen molar-refractivity contribution in [2.45, 2.75) is 0 Å². The molecule has 0 saturated carbocycles. The molecule has 0 radical (unpaired) electrons. The fraction of sp³-hybridized carbons (Fsp3) is 0.0588. The van der Waals surface area contributed by atoms with E-state index in [4.69, 9.17) is 13.6 Å². The number of nitrogens with one attached hydrogen (secondary N) is 1. The maximum absolute atomic E-state index is 12.0. The number of hydrogen-bond donors (Lipinski definition) is 1. The molecular formula is C17H12N2O4. The van der Waals surface area contributed by atoms with Gasteiger partial charge in [-0.25, -0.2) is 0 Å². The highest BCUT2D eigenvalue weighted by Gasteiger charge is 2.17. The molecule has 3 aromatic rings. The van der Waals surface area contributed by atoms with Crippen molar-refractivity contribution in [3.05, 3.63) is 60.1 Å². The lowest BCUT2D eigenvalue weighted by atomic mass is 10.1. The Bertz CT molecular complexity index is 872. The van der Waals surface area contributed by atoms with Crippen molar-refractivity contribution in [2.24, 2.45) is 0 Å². The number of benzene rings is 1. The third-order valence-corrected chi connectivity index (χ3v) is 3.18. The van der Waals surface area contributed by atoms with E-state index in [1.165, 1.54) is 12.3 Å². The summed E-state index contributed by atoms with van der Waals surface area (Å²) in [6.45, 7) is 0. The molecule has 0 spiro atoms. The van der Waals surface area contributed by atoms with E-state index in [1.54, 1.807) is 31.4 Å². The Morgan fingerprint density at radius 2 is 2.13 bits per heavy atom. The molecule has 0 fully saturated rings. The highest BCUT2D eigenvalue weighted by Crippen LogP contribution is 2.31. The molecule has 2 aromatic heterocycles. The van der Waals surface area contributed by atoms with Crippen LogP contribution in [0.2, 0.25) is 0 Å². The minimum Gasteiger partial charge on any atom is -0.497 e. The van der Waals surface area contributed by atoms with Gasteiger partial charge in [-0.05, 0) is 24.3 Å². The molecule has 114 valence electrons. The molecule has 23 heavy (non-hydrogen) atoms. The highest BCUT2D eigenvalue weighted by atomic mass is 16.5. The Kier molecular flexibility index (Phi) is 3.85. The molecule has 0 unspecified atom stereocenters. The van der Waals surface area contributed by atoms with E-state index in [9.17, 15) is 10.1 Å². The van der Waals surface area contributed by atoms with Crippen LogP contribution < -0.4 is 10.1 Å². The Balaban J connectivity index is 1.92. The number of rotatable bonds is 4. The third-order valence-electron chi connectivity index (χ3n) is 3.18. The number of carbonyl (C=O) groups is 1. The van der Waals surface area contributed by atoms with Crippen LogP contribution in [0.15, 0.2) is 57.6 Å². The molecule has 6 nitrogen and oxygen atoms in total. The van der Waals surface area contributed by atoms with Crippen molar-refractivity contribution in [1.82, 2.24) is 0 Å². The first-order chi connectivity index (χ1) is 11.2. The quantitative estimate of drug-likeness (QED) is 0.794. The van der Waals surface area contributed by atoms with Gasteiger partial charge in [-0.1, -0.05) is 12.1 Å². The van der Waals surface area contributed by atoms with E-state index in [0.717, 1.165) is 5.56 Å². The standard InChI is InChI=1S/C17H12N2O4/c1-21-13-5-2-4-11(8-13)15-9-12(10-18)17(23-15)19-16(20)14-6-3-7-22-14/h2-9H,1H3,(H,19,20). The Hall–Kier alpha value is -3.46. The second kappa shape index (κ2) is 6.12. The van der Waals surface area contributed by atoms with E-state index in [-0.39, 0.29) is 17.2 Å². The molecule has 0 saturated heterocycles. The topological polar surface area (TPSA) is 88.4 Å². The molecule has 1 aromatic carbocycles. The van der Waals surface area contributed by atoms with Crippen LogP contribution in [-0.2, 0) is 0 Å². The van der Waals surface area contributed by atoms with Crippen LogP contribution in [0.4, 0.5) is 5.88 Å². The average Bonchev–Trinajstić information content (AvgIpc) is 3.24. The molecule has 2 heterocycles. The zero-order valence-corrected chi connectivity index (χ0v) is 12.2. The van der Waals surface area contributed by atoms with Gasteiger partial charge in [0.1, 0.15) is 23.1 Å². The van der Waals surface area contributed by atoms with Crippen molar-refractivity contribution >= 4 is 11.8 Å². The van der Waals surface area contributed by atoms with Crippen molar-refractivity contribution < 1.29 is 18.4 Å². The summed E-state index contributed by atoms with van der Waals surface area (Å²) in [4.78, 5) is 12.0. The van der Waals surface area contributed by atoms with Crippen molar-refractivity contribution in [3.8, 4) is 23.1 Å². The zero-order chi connectivity index (χ0) is 16.2. The maximum atomic E-state index is 12.0. The van der Waals surface area contributed by atoms with Crippen molar-refractivity contribution in [2.75, 3.05) is 12.4 Å².